The molecular weight excluding hydrogens is 304 g/mol. The van der Waals surface area contributed by atoms with Crippen LogP contribution in [0.15, 0.2) is 64.9 Å². The minimum atomic E-state index is -0.124. The van der Waals surface area contributed by atoms with E-state index in [0.29, 0.717) is 17.6 Å². The van der Waals surface area contributed by atoms with E-state index in [1.807, 2.05) is 36.4 Å². The summed E-state index contributed by atoms with van der Waals surface area (Å²) in [5.74, 6) is -0.124. The van der Waals surface area contributed by atoms with E-state index in [2.05, 4.69) is 37.9 Å². The van der Waals surface area contributed by atoms with Crippen LogP contribution in [0.3, 0.4) is 0 Å². The molecule has 4 heteroatoms. The molecule has 0 unspecified atom stereocenters. The van der Waals surface area contributed by atoms with Crippen LogP contribution in [0, 0.1) is 0 Å². The molecule has 1 aliphatic rings. The molecule has 0 spiro atoms. The van der Waals surface area contributed by atoms with Gasteiger partial charge in [0.15, 0.2) is 0 Å². The molecule has 3 nitrogen and oxygen atoms in total. The Bertz CT molecular complexity index is 649. The van der Waals surface area contributed by atoms with Gasteiger partial charge in [0.05, 0.1) is 0 Å². The molecule has 23 heavy (non-hydrogen) atoms. The van der Waals surface area contributed by atoms with E-state index in [9.17, 15) is 4.79 Å². The van der Waals surface area contributed by atoms with Gasteiger partial charge >= 0.3 is 0 Å². The molecule has 0 aliphatic heterocycles. The Morgan fingerprint density at radius 2 is 1.70 bits per heavy atom. The van der Waals surface area contributed by atoms with Crippen molar-refractivity contribution < 1.29 is 4.79 Å². The summed E-state index contributed by atoms with van der Waals surface area (Å²) in [5.41, 5.74) is 2.29. The maximum absolute atomic E-state index is 12.4. The van der Waals surface area contributed by atoms with Gasteiger partial charge in [-0.25, -0.2) is 0 Å². The third kappa shape index (κ3) is 4.02. The van der Waals surface area contributed by atoms with Gasteiger partial charge in [-0.1, -0.05) is 30.4 Å². The van der Waals surface area contributed by atoms with Gasteiger partial charge in [-0.05, 0) is 51.5 Å². The van der Waals surface area contributed by atoms with Gasteiger partial charge in [0.1, 0.15) is 0 Å². The van der Waals surface area contributed by atoms with Gasteiger partial charge < -0.3 is 22.8 Å². The fraction of sp³-hybridized carbons (Fsp3) is 0.316. The Morgan fingerprint density at radius 1 is 1.09 bits per heavy atom. The summed E-state index contributed by atoms with van der Waals surface area (Å²) in [5, 5.41) is 3.73. The van der Waals surface area contributed by atoms with Crippen molar-refractivity contribution >= 4 is 18.5 Å². The molecule has 1 N–H and O–H groups in total. The summed E-state index contributed by atoms with van der Waals surface area (Å²) >= 11 is 5.68. The first-order chi connectivity index (χ1) is 10.9. The second-order valence-corrected chi connectivity index (χ2v) is 6.46. The van der Waals surface area contributed by atoms with Gasteiger partial charge in [-0.3, -0.25) is 4.79 Å². The predicted octanol–water partition coefficient (Wildman–Crippen LogP) is 3.75. The lowest BCUT2D eigenvalue weighted by atomic mass is 10.1. The summed E-state index contributed by atoms with van der Waals surface area (Å²) in [6.45, 7) is 8.49. The summed E-state index contributed by atoms with van der Waals surface area (Å²) in [4.78, 5) is 14.5. The summed E-state index contributed by atoms with van der Waals surface area (Å²) in [6.07, 6.45) is 5.77. The molecule has 0 heterocycles. The summed E-state index contributed by atoms with van der Waals surface area (Å²) in [6, 6.07) is 9.79. The molecule has 2 rings (SSSR count). The number of hydrogen-bond donors (Lipinski definition) is 1. The van der Waals surface area contributed by atoms with Crippen LogP contribution in [0.4, 0.5) is 0 Å². The number of carbonyl (C=O) groups is 1. The third-order valence-electron chi connectivity index (χ3n) is 3.68. The molecule has 0 saturated carbocycles. The van der Waals surface area contributed by atoms with E-state index in [1.165, 1.54) is 0 Å². The molecule has 0 radical (unpaired) electrons. The Hall–Kier alpha value is -2.07. The second-order valence-electron chi connectivity index (χ2n) is 6.07. The van der Waals surface area contributed by atoms with Crippen molar-refractivity contribution in [3.8, 4) is 0 Å². The van der Waals surface area contributed by atoms with Crippen LogP contribution >= 0.6 is 0 Å². The quantitative estimate of drug-likeness (QED) is 0.836. The Labute approximate surface area is 144 Å². The highest BCUT2D eigenvalue weighted by Gasteiger charge is 2.17. The van der Waals surface area contributed by atoms with Crippen LogP contribution < -0.4 is 5.32 Å². The number of nitrogens with zero attached hydrogens (tertiary/aromatic N) is 1. The first-order valence-corrected chi connectivity index (χ1v) is 8.27. The van der Waals surface area contributed by atoms with E-state index in [-0.39, 0.29) is 5.91 Å². The number of nitrogens with one attached hydrogen (secondary N) is 1. The maximum atomic E-state index is 12.4. The molecule has 0 fully saturated rings. The van der Waals surface area contributed by atoms with Crippen molar-refractivity contribution in [3.63, 3.8) is 0 Å². The van der Waals surface area contributed by atoms with E-state index < -0.39 is 0 Å². The molecule has 0 saturated heterocycles. The number of amides is 1. The highest BCUT2D eigenvalue weighted by molar-refractivity contribution is 7.63. The number of allylic oxidation sites excluding steroid dienone is 3. The number of benzene rings is 1. The van der Waals surface area contributed by atoms with Crippen molar-refractivity contribution in [3.05, 3.63) is 70.4 Å². The van der Waals surface area contributed by atoms with Gasteiger partial charge in [0, 0.05) is 23.3 Å². The monoisotopic (exact) mass is 327 g/mol. The van der Waals surface area contributed by atoms with Crippen molar-refractivity contribution in [1.29, 1.82) is 0 Å². The van der Waals surface area contributed by atoms with E-state index in [0.717, 1.165) is 16.3 Å². The van der Waals surface area contributed by atoms with Crippen LogP contribution in [0.25, 0.3) is 0 Å². The lowest BCUT2D eigenvalue weighted by Crippen LogP contribution is -2.37. The molecule has 1 aromatic rings. The molecule has 0 aromatic heterocycles. The van der Waals surface area contributed by atoms with Crippen molar-refractivity contribution in [1.82, 2.24) is 10.2 Å². The summed E-state index contributed by atoms with van der Waals surface area (Å²) in [7, 11) is 0. The number of rotatable bonds is 5. The fourth-order valence-electron chi connectivity index (χ4n) is 2.70. The van der Waals surface area contributed by atoms with Crippen LogP contribution in [-0.2, 0) is 12.6 Å². The predicted molar refractivity (Wildman–Crippen MR) is 97.6 cm³/mol. The van der Waals surface area contributed by atoms with E-state index in [4.69, 9.17) is 12.6 Å². The van der Waals surface area contributed by atoms with Crippen molar-refractivity contribution in [2.24, 2.45) is 0 Å². The highest BCUT2D eigenvalue weighted by atomic mass is 32.1. The van der Waals surface area contributed by atoms with Crippen LogP contribution in [0.1, 0.15) is 38.1 Å². The zero-order valence-electron chi connectivity index (χ0n) is 14.0. The normalized spacial score (nSPS) is 15.8. The molecule has 1 amide bonds. The minimum absolute atomic E-state index is 0.124. The molecule has 122 valence electrons. The Kier molecular flexibility index (Phi) is 5.61. The maximum Gasteiger partial charge on any atom is 0.255 e. The topological polar surface area (TPSA) is 32.3 Å². The van der Waals surface area contributed by atoms with Gasteiger partial charge in [-0.2, -0.15) is 0 Å². The minimum Gasteiger partial charge on any atom is -0.762 e. The first kappa shape index (κ1) is 17.3. The third-order valence-corrected chi connectivity index (χ3v) is 4.11. The lowest BCUT2D eigenvalue weighted by Gasteiger charge is -2.41. The van der Waals surface area contributed by atoms with Crippen LogP contribution in [-0.4, -0.2) is 22.9 Å². The summed E-state index contributed by atoms with van der Waals surface area (Å²) < 4.78 is 0. The number of hydrogen-bond acceptors (Lipinski definition) is 3. The second kappa shape index (κ2) is 7.47. The SMILES string of the molecule is CC(C)N(/C([S-])=C1/C=CC=C1NC(=O)c1ccccc1)C(C)C. The van der Waals surface area contributed by atoms with Crippen LogP contribution in [0.5, 0.6) is 0 Å². The van der Waals surface area contributed by atoms with Gasteiger partial charge in [0.25, 0.3) is 5.91 Å². The Morgan fingerprint density at radius 3 is 2.26 bits per heavy atom. The molecular formula is C19H23N2OS-. The standard InChI is InChI=1S/C19H24N2OS/c1-13(2)21(14(3)4)19(23)16-11-8-12-17(16)20-18(22)15-9-6-5-7-10-15/h5-14,23H,1-4H3,(H,20,22)/p-1/b19-16+. The zero-order valence-corrected chi connectivity index (χ0v) is 14.9. The van der Waals surface area contributed by atoms with Crippen LogP contribution in [0.2, 0.25) is 0 Å². The van der Waals surface area contributed by atoms with Gasteiger partial charge in [0.2, 0.25) is 0 Å². The average Bonchev–Trinajstić information content (AvgIpc) is 2.95. The van der Waals surface area contributed by atoms with Crippen molar-refractivity contribution in [2.45, 2.75) is 39.8 Å². The fourth-order valence-corrected chi connectivity index (χ4v) is 3.30. The number of carbonyl (C=O) groups excluding carboxylic acids is 1. The Balaban J connectivity index is 2.24. The molecule has 1 aliphatic carbocycles. The molecule has 0 bridgehead atoms. The smallest absolute Gasteiger partial charge is 0.255 e. The first-order valence-electron chi connectivity index (χ1n) is 7.86. The lowest BCUT2D eigenvalue weighted by molar-refractivity contribution is 0.0967. The van der Waals surface area contributed by atoms with E-state index >= 15 is 0 Å². The largest absolute Gasteiger partial charge is 0.762 e. The van der Waals surface area contributed by atoms with Gasteiger partial charge in [-0.15, -0.1) is 5.03 Å². The van der Waals surface area contributed by atoms with Crippen molar-refractivity contribution in [2.75, 3.05) is 0 Å². The highest BCUT2D eigenvalue weighted by Crippen LogP contribution is 2.25. The average molecular weight is 327 g/mol. The van der Waals surface area contributed by atoms with E-state index in [1.54, 1.807) is 12.1 Å². The molecule has 1 aromatic carbocycles. The zero-order chi connectivity index (χ0) is 17.0. The molecule has 0 atom stereocenters.